The molecule has 9 nitrogen and oxygen atoms in total. The Bertz CT molecular complexity index is 1550. The van der Waals surface area contributed by atoms with Crippen molar-refractivity contribution in [3.05, 3.63) is 102 Å². The molecule has 1 aliphatic heterocycles. The van der Waals surface area contributed by atoms with E-state index in [1.807, 2.05) is 60.7 Å². The maximum absolute atomic E-state index is 13.9. The van der Waals surface area contributed by atoms with E-state index >= 15 is 0 Å². The Labute approximate surface area is 250 Å². The average molecular weight is 584 g/mol. The van der Waals surface area contributed by atoms with Crippen LogP contribution in [0.4, 0.5) is 10.2 Å². The van der Waals surface area contributed by atoms with Crippen LogP contribution in [-0.2, 0) is 11.3 Å². The Kier molecular flexibility index (Phi) is 9.46. The van der Waals surface area contributed by atoms with E-state index < -0.39 is 11.7 Å². The monoisotopic (exact) mass is 583 g/mol. The van der Waals surface area contributed by atoms with Crippen molar-refractivity contribution < 1.29 is 23.5 Å². The molecule has 3 aromatic carbocycles. The normalized spacial score (nSPS) is 13.3. The molecule has 2 amide bonds. The predicted octanol–water partition coefficient (Wildman–Crippen LogP) is 4.68. The van der Waals surface area contributed by atoms with Crippen LogP contribution in [0.5, 0.6) is 11.5 Å². The summed E-state index contributed by atoms with van der Waals surface area (Å²) < 4.78 is 24.6. The van der Waals surface area contributed by atoms with Gasteiger partial charge in [0.25, 0.3) is 5.91 Å². The van der Waals surface area contributed by atoms with Crippen LogP contribution in [0.2, 0.25) is 0 Å². The fraction of sp³-hybridized carbons (Fsp3) is 0.273. The SMILES string of the molecule is COc1ccc(-c2ccc(N3CCCN(C(=O)CN(Cc4ccccc4)C(=O)c4cccc(F)c4)CC3)nn2)cc1OC. The van der Waals surface area contributed by atoms with Gasteiger partial charge in [0.1, 0.15) is 12.4 Å². The number of carbonyl (C=O) groups is 2. The maximum Gasteiger partial charge on any atom is 0.254 e. The van der Waals surface area contributed by atoms with Gasteiger partial charge < -0.3 is 24.2 Å². The number of amides is 2. The summed E-state index contributed by atoms with van der Waals surface area (Å²) in [6.45, 7) is 2.45. The molecule has 0 aliphatic carbocycles. The van der Waals surface area contributed by atoms with Crippen LogP contribution in [0.1, 0.15) is 22.3 Å². The van der Waals surface area contributed by atoms with Gasteiger partial charge in [-0.25, -0.2) is 4.39 Å². The van der Waals surface area contributed by atoms with Gasteiger partial charge in [-0.1, -0.05) is 36.4 Å². The van der Waals surface area contributed by atoms with E-state index in [9.17, 15) is 14.0 Å². The second kappa shape index (κ2) is 13.8. The molecule has 1 fully saturated rings. The number of anilines is 1. The minimum absolute atomic E-state index is 0.107. The summed E-state index contributed by atoms with van der Waals surface area (Å²) in [5, 5.41) is 8.90. The summed E-state index contributed by atoms with van der Waals surface area (Å²) >= 11 is 0. The molecule has 10 heteroatoms. The largest absolute Gasteiger partial charge is 0.493 e. The molecule has 0 bridgehead atoms. The van der Waals surface area contributed by atoms with E-state index in [4.69, 9.17) is 9.47 Å². The van der Waals surface area contributed by atoms with Gasteiger partial charge in [-0.05, 0) is 60.5 Å². The minimum Gasteiger partial charge on any atom is -0.493 e. The third-order valence-corrected chi connectivity index (χ3v) is 7.40. The first-order chi connectivity index (χ1) is 20.9. The van der Waals surface area contributed by atoms with Crippen LogP contribution in [-0.4, -0.2) is 78.8 Å². The Balaban J connectivity index is 1.24. The zero-order valence-electron chi connectivity index (χ0n) is 24.3. The molecule has 2 heterocycles. The van der Waals surface area contributed by atoms with Gasteiger partial charge in [0.15, 0.2) is 17.3 Å². The van der Waals surface area contributed by atoms with Crippen molar-refractivity contribution in [3.8, 4) is 22.8 Å². The number of benzene rings is 3. The van der Waals surface area contributed by atoms with Crippen LogP contribution in [0.3, 0.4) is 0 Å². The molecule has 5 rings (SSSR count). The van der Waals surface area contributed by atoms with E-state index in [0.29, 0.717) is 43.4 Å². The number of rotatable bonds is 9. The average Bonchev–Trinajstić information content (AvgIpc) is 3.31. The Hall–Kier alpha value is -4.99. The van der Waals surface area contributed by atoms with Crippen molar-refractivity contribution in [1.29, 1.82) is 0 Å². The third-order valence-electron chi connectivity index (χ3n) is 7.40. The Morgan fingerprint density at radius 2 is 1.65 bits per heavy atom. The maximum atomic E-state index is 13.9. The van der Waals surface area contributed by atoms with Crippen LogP contribution in [0.25, 0.3) is 11.3 Å². The number of nitrogens with zero attached hydrogens (tertiary/aromatic N) is 5. The molecular formula is C33H34FN5O4. The zero-order valence-corrected chi connectivity index (χ0v) is 24.3. The standard InChI is InChI=1S/C33H34FN5O4/c1-42-29-14-12-25(21-30(29)43-2)28-13-15-31(36-35-28)37-16-7-17-38(19-18-37)32(40)23-39(22-24-8-4-3-5-9-24)33(41)26-10-6-11-27(34)20-26/h3-6,8-15,20-21H,7,16-19,22-23H2,1-2H3. The molecule has 0 spiro atoms. The minimum atomic E-state index is -0.496. The first kappa shape index (κ1) is 29.5. The first-order valence-electron chi connectivity index (χ1n) is 14.1. The second-order valence-electron chi connectivity index (χ2n) is 10.2. The highest BCUT2D eigenvalue weighted by atomic mass is 19.1. The molecule has 1 saturated heterocycles. The van der Waals surface area contributed by atoms with Crippen molar-refractivity contribution >= 4 is 17.6 Å². The van der Waals surface area contributed by atoms with Gasteiger partial charge >= 0.3 is 0 Å². The quantitative estimate of drug-likeness (QED) is 0.283. The smallest absolute Gasteiger partial charge is 0.254 e. The highest BCUT2D eigenvalue weighted by molar-refractivity contribution is 5.96. The molecule has 0 N–H and O–H groups in total. The third kappa shape index (κ3) is 7.27. The number of hydrogen-bond acceptors (Lipinski definition) is 7. The first-order valence-corrected chi connectivity index (χ1v) is 14.1. The van der Waals surface area contributed by atoms with Crippen LogP contribution in [0, 0.1) is 5.82 Å². The van der Waals surface area contributed by atoms with Crippen LogP contribution in [0.15, 0.2) is 84.9 Å². The number of aromatic nitrogens is 2. The second-order valence-corrected chi connectivity index (χ2v) is 10.2. The summed E-state index contributed by atoms with van der Waals surface area (Å²) in [5.74, 6) is 0.939. The lowest BCUT2D eigenvalue weighted by Crippen LogP contribution is -2.44. The summed E-state index contributed by atoms with van der Waals surface area (Å²) in [5.41, 5.74) is 2.66. The molecule has 1 aliphatic rings. The molecule has 0 radical (unpaired) electrons. The zero-order chi connectivity index (χ0) is 30.2. The lowest BCUT2D eigenvalue weighted by atomic mass is 10.1. The number of methoxy groups -OCH3 is 2. The lowest BCUT2D eigenvalue weighted by molar-refractivity contribution is -0.131. The Morgan fingerprint density at radius 1 is 0.837 bits per heavy atom. The molecule has 4 aromatic rings. The van der Waals surface area contributed by atoms with Gasteiger partial charge in [0.05, 0.1) is 19.9 Å². The highest BCUT2D eigenvalue weighted by Gasteiger charge is 2.25. The van der Waals surface area contributed by atoms with E-state index in [1.54, 1.807) is 25.2 Å². The van der Waals surface area contributed by atoms with Crippen molar-refractivity contribution in [2.45, 2.75) is 13.0 Å². The number of ether oxygens (including phenoxy) is 2. The highest BCUT2D eigenvalue weighted by Crippen LogP contribution is 2.31. The van der Waals surface area contributed by atoms with Crippen molar-refractivity contribution in [1.82, 2.24) is 20.0 Å². The van der Waals surface area contributed by atoms with E-state index in [1.165, 1.54) is 23.1 Å². The van der Waals surface area contributed by atoms with Crippen LogP contribution >= 0.6 is 0 Å². The summed E-state index contributed by atoms with van der Waals surface area (Å²) in [6, 6.07) is 24.4. The number of halogens is 1. The topological polar surface area (TPSA) is 88.1 Å². The molecule has 43 heavy (non-hydrogen) atoms. The van der Waals surface area contributed by atoms with Crippen molar-refractivity contribution in [3.63, 3.8) is 0 Å². The molecular weight excluding hydrogens is 549 g/mol. The van der Waals surface area contributed by atoms with Gasteiger partial charge in [-0.3, -0.25) is 9.59 Å². The molecule has 0 atom stereocenters. The fourth-order valence-electron chi connectivity index (χ4n) is 5.11. The van der Waals surface area contributed by atoms with E-state index in [-0.39, 0.29) is 24.6 Å². The van der Waals surface area contributed by atoms with E-state index in [2.05, 4.69) is 15.1 Å². The van der Waals surface area contributed by atoms with Gasteiger partial charge in [-0.2, -0.15) is 0 Å². The van der Waals surface area contributed by atoms with Gasteiger partial charge in [0, 0.05) is 43.9 Å². The van der Waals surface area contributed by atoms with E-state index in [0.717, 1.165) is 23.4 Å². The number of hydrogen-bond donors (Lipinski definition) is 0. The number of carbonyl (C=O) groups excluding carboxylic acids is 2. The van der Waals surface area contributed by atoms with Crippen molar-refractivity contribution in [2.75, 3.05) is 51.8 Å². The Morgan fingerprint density at radius 3 is 2.37 bits per heavy atom. The molecule has 0 saturated carbocycles. The molecule has 222 valence electrons. The molecule has 1 aromatic heterocycles. The summed E-state index contributed by atoms with van der Waals surface area (Å²) in [6.07, 6.45) is 0.737. The predicted molar refractivity (Wildman–Crippen MR) is 162 cm³/mol. The molecule has 0 unspecified atom stereocenters. The van der Waals surface area contributed by atoms with Gasteiger partial charge in [-0.15, -0.1) is 10.2 Å². The fourth-order valence-corrected chi connectivity index (χ4v) is 5.11. The van der Waals surface area contributed by atoms with Gasteiger partial charge in [0.2, 0.25) is 5.91 Å². The van der Waals surface area contributed by atoms with Crippen LogP contribution < -0.4 is 14.4 Å². The summed E-state index contributed by atoms with van der Waals surface area (Å²) in [7, 11) is 3.18. The lowest BCUT2D eigenvalue weighted by Gasteiger charge is -2.27. The van der Waals surface area contributed by atoms with Crippen molar-refractivity contribution in [2.24, 2.45) is 0 Å². The summed E-state index contributed by atoms with van der Waals surface area (Å²) in [4.78, 5) is 32.2.